The number of rotatable bonds is 7. The number of carboxylic acid groups (broad SMARTS) is 1. The Bertz CT molecular complexity index is 331. The Balaban J connectivity index is 4.20. The van der Waals surface area contributed by atoms with Crippen molar-refractivity contribution in [3.63, 3.8) is 0 Å². The van der Waals surface area contributed by atoms with Crippen molar-refractivity contribution in [1.82, 2.24) is 15.5 Å². The molecule has 0 fully saturated rings. The van der Waals surface area contributed by atoms with E-state index >= 15 is 0 Å². The van der Waals surface area contributed by atoms with E-state index in [0.29, 0.717) is 13.0 Å². The zero-order chi connectivity index (χ0) is 15.0. The van der Waals surface area contributed by atoms with Crippen LogP contribution < -0.4 is 10.6 Å². The highest BCUT2D eigenvalue weighted by Gasteiger charge is 2.21. The number of hydrogen-bond donors (Lipinski definition) is 3. The molecule has 3 N–H and O–H groups in total. The molecule has 7 heteroatoms. The maximum atomic E-state index is 11.5. The van der Waals surface area contributed by atoms with Crippen molar-refractivity contribution < 1.29 is 19.5 Å². The summed E-state index contributed by atoms with van der Waals surface area (Å²) in [6.45, 7) is 5.96. The van der Waals surface area contributed by atoms with Crippen LogP contribution in [-0.2, 0) is 9.59 Å². The molecule has 19 heavy (non-hydrogen) atoms. The first kappa shape index (κ1) is 17.2. The second kappa shape index (κ2) is 8.34. The van der Waals surface area contributed by atoms with Crippen LogP contribution in [0.2, 0.25) is 0 Å². The largest absolute Gasteiger partial charge is 0.480 e. The van der Waals surface area contributed by atoms with Crippen molar-refractivity contribution in [2.45, 2.75) is 33.2 Å². The number of carbonyl (C=O) groups excluding carboxylic acids is 2. The van der Waals surface area contributed by atoms with Crippen LogP contribution in [0.4, 0.5) is 4.79 Å². The number of urea groups is 1. The van der Waals surface area contributed by atoms with Gasteiger partial charge in [0.25, 0.3) is 0 Å². The molecule has 0 heterocycles. The number of nitrogens with one attached hydrogen (secondary N) is 2. The van der Waals surface area contributed by atoms with Gasteiger partial charge in [-0.2, -0.15) is 0 Å². The van der Waals surface area contributed by atoms with Crippen molar-refractivity contribution in [3.05, 3.63) is 0 Å². The Kier molecular flexibility index (Phi) is 7.55. The topological polar surface area (TPSA) is 98.7 Å². The molecule has 0 saturated heterocycles. The van der Waals surface area contributed by atoms with Crippen molar-refractivity contribution >= 4 is 17.9 Å². The van der Waals surface area contributed by atoms with E-state index < -0.39 is 18.0 Å². The fourth-order valence-electron chi connectivity index (χ4n) is 1.37. The van der Waals surface area contributed by atoms with Crippen LogP contribution in [0.25, 0.3) is 0 Å². The highest BCUT2D eigenvalue weighted by atomic mass is 16.4. The third kappa shape index (κ3) is 7.28. The molecule has 0 aliphatic heterocycles. The SMILES string of the molecule is CCN(C)C(=O)CNC(=O)N[C@@H](CC(C)C)C(=O)O. The summed E-state index contributed by atoms with van der Waals surface area (Å²) in [5.74, 6) is -1.16. The summed E-state index contributed by atoms with van der Waals surface area (Å²) < 4.78 is 0. The molecule has 1 atom stereocenters. The Morgan fingerprint density at radius 3 is 2.26 bits per heavy atom. The summed E-state index contributed by atoms with van der Waals surface area (Å²) in [4.78, 5) is 35.3. The molecular formula is C12H23N3O4. The normalized spacial score (nSPS) is 11.8. The average Bonchev–Trinajstić information content (AvgIpc) is 2.33. The molecule has 0 spiro atoms. The van der Waals surface area contributed by atoms with Gasteiger partial charge < -0.3 is 20.6 Å². The van der Waals surface area contributed by atoms with E-state index in [1.165, 1.54) is 4.90 Å². The van der Waals surface area contributed by atoms with Crippen LogP contribution in [0.3, 0.4) is 0 Å². The van der Waals surface area contributed by atoms with Gasteiger partial charge in [-0.05, 0) is 19.3 Å². The van der Waals surface area contributed by atoms with Crippen LogP contribution in [0.5, 0.6) is 0 Å². The molecule has 0 aromatic carbocycles. The van der Waals surface area contributed by atoms with Crippen LogP contribution in [0.15, 0.2) is 0 Å². The minimum atomic E-state index is -1.08. The fourth-order valence-corrected chi connectivity index (χ4v) is 1.37. The molecule has 7 nitrogen and oxygen atoms in total. The smallest absolute Gasteiger partial charge is 0.326 e. The first-order chi connectivity index (χ1) is 8.77. The monoisotopic (exact) mass is 273 g/mol. The molecule has 0 aliphatic carbocycles. The van der Waals surface area contributed by atoms with Crippen LogP contribution >= 0.6 is 0 Å². The Hall–Kier alpha value is -1.79. The Morgan fingerprint density at radius 1 is 1.26 bits per heavy atom. The van der Waals surface area contributed by atoms with Crippen molar-refractivity contribution in [1.29, 1.82) is 0 Å². The van der Waals surface area contributed by atoms with Gasteiger partial charge in [-0.25, -0.2) is 9.59 Å². The van der Waals surface area contributed by atoms with Gasteiger partial charge in [0.1, 0.15) is 6.04 Å². The lowest BCUT2D eigenvalue weighted by Gasteiger charge is -2.18. The lowest BCUT2D eigenvalue weighted by molar-refractivity contribution is -0.139. The van der Waals surface area contributed by atoms with Gasteiger partial charge in [0.15, 0.2) is 0 Å². The standard InChI is InChI=1S/C12H23N3O4/c1-5-15(4)10(16)7-13-12(19)14-9(11(17)18)6-8(2)3/h8-9H,5-7H2,1-4H3,(H,17,18)(H2,13,14,19)/t9-/m0/s1. The van der Waals surface area contributed by atoms with E-state index in [1.807, 2.05) is 20.8 Å². The molecule has 110 valence electrons. The molecular weight excluding hydrogens is 250 g/mol. The zero-order valence-electron chi connectivity index (χ0n) is 11.9. The Morgan fingerprint density at radius 2 is 1.84 bits per heavy atom. The van der Waals surface area contributed by atoms with Gasteiger partial charge in [0, 0.05) is 13.6 Å². The summed E-state index contributed by atoms with van der Waals surface area (Å²) in [6.07, 6.45) is 0.339. The molecule has 0 bridgehead atoms. The molecule has 0 aliphatic rings. The lowest BCUT2D eigenvalue weighted by Crippen LogP contribution is -2.49. The minimum absolute atomic E-state index is 0.147. The number of carboxylic acids is 1. The third-order valence-corrected chi connectivity index (χ3v) is 2.61. The molecule has 0 unspecified atom stereocenters. The third-order valence-electron chi connectivity index (χ3n) is 2.61. The quantitative estimate of drug-likeness (QED) is 0.619. The highest BCUT2D eigenvalue weighted by molar-refractivity contribution is 5.86. The zero-order valence-corrected chi connectivity index (χ0v) is 11.9. The molecule has 0 aromatic heterocycles. The number of likely N-dealkylation sites (N-methyl/N-ethyl adjacent to an activating group) is 1. The predicted octanol–water partition coefficient (Wildman–Crippen LogP) is 0.263. The second-order valence-electron chi connectivity index (χ2n) is 4.76. The summed E-state index contributed by atoms with van der Waals surface area (Å²) in [5, 5.41) is 13.6. The summed E-state index contributed by atoms with van der Waals surface area (Å²) >= 11 is 0. The fraction of sp³-hybridized carbons (Fsp3) is 0.750. The van der Waals surface area contributed by atoms with E-state index in [4.69, 9.17) is 5.11 Å². The second-order valence-corrected chi connectivity index (χ2v) is 4.76. The predicted molar refractivity (Wildman–Crippen MR) is 70.7 cm³/mol. The van der Waals surface area contributed by atoms with Crippen molar-refractivity contribution in [2.75, 3.05) is 20.1 Å². The summed E-state index contributed by atoms with van der Waals surface area (Å²) in [6, 6.07) is -1.59. The lowest BCUT2D eigenvalue weighted by atomic mass is 10.0. The first-order valence-corrected chi connectivity index (χ1v) is 6.29. The first-order valence-electron chi connectivity index (χ1n) is 6.29. The Labute approximate surface area is 113 Å². The van der Waals surface area contributed by atoms with Gasteiger partial charge in [0.2, 0.25) is 5.91 Å². The molecule has 3 amide bonds. The van der Waals surface area contributed by atoms with Crippen LogP contribution in [-0.4, -0.2) is 54.1 Å². The van der Waals surface area contributed by atoms with Crippen LogP contribution in [0.1, 0.15) is 27.2 Å². The number of aliphatic carboxylic acids is 1. The van der Waals surface area contributed by atoms with Crippen molar-refractivity contribution in [3.8, 4) is 0 Å². The minimum Gasteiger partial charge on any atom is -0.480 e. The van der Waals surface area contributed by atoms with Crippen LogP contribution in [0, 0.1) is 5.92 Å². The highest BCUT2D eigenvalue weighted by Crippen LogP contribution is 2.04. The molecule has 0 rings (SSSR count). The maximum absolute atomic E-state index is 11.5. The van der Waals surface area contributed by atoms with Gasteiger partial charge in [-0.15, -0.1) is 0 Å². The van der Waals surface area contributed by atoms with E-state index in [2.05, 4.69) is 10.6 Å². The van der Waals surface area contributed by atoms with E-state index in [9.17, 15) is 14.4 Å². The molecule has 0 saturated carbocycles. The number of carbonyl (C=O) groups is 3. The van der Waals surface area contributed by atoms with Gasteiger partial charge >= 0.3 is 12.0 Å². The van der Waals surface area contributed by atoms with E-state index in [-0.39, 0.29) is 18.4 Å². The summed E-state index contributed by atoms with van der Waals surface area (Å²) in [5.41, 5.74) is 0. The van der Waals surface area contributed by atoms with Gasteiger partial charge in [-0.3, -0.25) is 4.79 Å². The maximum Gasteiger partial charge on any atom is 0.326 e. The van der Waals surface area contributed by atoms with Crippen molar-refractivity contribution in [2.24, 2.45) is 5.92 Å². The molecule has 0 aromatic rings. The van der Waals surface area contributed by atoms with Gasteiger partial charge in [-0.1, -0.05) is 13.8 Å². The van der Waals surface area contributed by atoms with Gasteiger partial charge in [0.05, 0.1) is 6.54 Å². The number of nitrogens with zero attached hydrogens (tertiary/aromatic N) is 1. The number of hydrogen-bond acceptors (Lipinski definition) is 3. The average molecular weight is 273 g/mol. The summed E-state index contributed by atoms with van der Waals surface area (Å²) in [7, 11) is 1.63. The number of amides is 3. The molecule has 0 radical (unpaired) electrons. The van der Waals surface area contributed by atoms with E-state index in [0.717, 1.165) is 0 Å². The van der Waals surface area contributed by atoms with E-state index in [1.54, 1.807) is 7.05 Å².